The molecular weight excluding hydrogens is 574 g/mol. The lowest BCUT2D eigenvalue weighted by Gasteiger charge is -2.24. The van der Waals surface area contributed by atoms with E-state index in [1.165, 1.54) is 21.2 Å². The minimum Gasteiger partial charge on any atom is -0.367 e. The van der Waals surface area contributed by atoms with Crippen molar-refractivity contribution < 1.29 is 0 Å². The molecule has 0 heterocycles. The minimum absolute atomic E-state index is 0.231. The van der Waals surface area contributed by atoms with Crippen LogP contribution in [-0.4, -0.2) is 23.2 Å². The second kappa shape index (κ2) is 15.6. The third-order valence-electron chi connectivity index (χ3n) is 6.62. The Bertz CT molecular complexity index is 1450. The molecule has 4 nitrogen and oxygen atoms in total. The lowest BCUT2D eigenvalue weighted by molar-refractivity contribution is 0.740. The maximum atomic E-state index is 5.29. The highest BCUT2D eigenvalue weighted by atomic mass is 31.1. The van der Waals surface area contributed by atoms with E-state index in [1.807, 2.05) is 0 Å². The monoisotopic (exact) mass is 614 g/mol. The van der Waals surface area contributed by atoms with Gasteiger partial charge >= 0.3 is 0 Å². The van der Waals surface area contributed by atoms with E-state index >= 15 is 0 Å². The van der Waals surface area contributed by atoms with Crippen molar-refractivity contribution in [2.75, 3.05) is 0 Å². The number of hydrogen-bond donors (Lipinski definition) is 2. The maximum absolute atomic E-state index is 5.29. The van der Waals surface area contributed by atoms with Gasteiger partial charge in [-0.05, 0) is 67.1 Å². The minimum atomic E-state index is -0.886. The van der Waals surface area contributed by atoms with Crippen molar-refractivity contribution in [3.8, 4) is 0 Å². The zero-order valence-corrected chi connectivity index (χ0v) is 27.6. The van der Waals surface area contributed by atoms with E-state index in [9.17, 15) is 0 Å². The summed E-state index contributed by atoms with van der Waals surface area (Å²) in [6.45, 7) is 8.66. The van der Waals surface area contributed by atoms with Crippen LogP contribution < -0.4 is 31.9 Å². The number of hydrogen-bond acceptors (Lipinski definition) is 2. The van der Waals surface area contributed by atoms with Crippen LogP contribution in [0, 0.1) is 0 Å². The molecule has 6 heteroatoms. The van der Waals surface area contributed by atoms with E-state index in [4.69, 9.17) is 9.98 Å². The summed E-state index contributed by atoms with van der Waals surface area (Å²) >= 11 is 0. The van der Waals surface area contributed by atoms with Gasteiger partial charge in [-0.25, -0.2) is 9.98 Å². The molecule has 0 fully saturated rings. The highest BCUT2D eigenvalue weighted by Gasteiger charge is 2.23. The van der Waals surface area contributed by atoms with E-state index in [1.54, 1.807) is 0 Å². The van der Waals surface area contributed by atoms with Gasteiger partial charge in [-0.3, -0.25) is 0 Å². The molecule has 0 aliphatic heterocycles. The topological polar surface area (TPSA) is 48.8 Å². The number of rotatable bonds is 10. The Balaban J connectivity index is 1.60. The lowest BCUT2D eigenvalue weighted by atomic mass is 10.3. The first-order valence-electron chi connectivity index (χ1n) is 15.1. The second-order valence-electron chi connectivity index (χ2n) is 11.0. The Morgan fingerprint density at radius 1 is 0.432 bits per heavy atom. The molecule has 0 radical (unpaired) electrons. The third-order valence-corrected chi connectivity index (χ3v) is 11.2. The Labute approximate surface area is 264 Å². The fourth-order valence-electron chi connectivity index (χ4n) is 4.78. The van der Waals surface area contributed by atoms with Gasteiger partial charge in [0.1, 0.15) is 11.2 Å². The molecule has 5 aromatic carbocycles. The van der Waals surface area contributed by atoms with Crippen LogP contribution in [-0.2, 0) is 0 Å². The quantitative estimate of drug-likeness (QED) is 0.0954. The first kappa shape index (κ1) is 31.3. The van der Waals surface area contributed by atoms with Crippen molar-refractivity contribution >= 4 is 59.6 Å². The molecule has 0 saturated carbocycles. The van der Waals surface area contributed by atoms with Gasteiger partial charge in [-0.15, -0.1) is 0 Å². The Morgan fingerprint density at radius 3 is 1.00 bits per heavy atom. The molecule has 44 heavy (non-hydrogen) atoms. The molecule has 222 valence electrons. The fraction of sp³-hybridized carbons (Fsp3) is 0.158. The molecule has 0 aromatic heterocycles. The van der Waals surface area contributed by atoms with Crippen molar-refractivity contribution in [2.45, 2.75) is 39.8 Å². The average Bonchev–Trinajstić information content (AvgIpc) is 3.03. The zero-order chi connectivity index (χ0) is 30.7. The second-order valence-corrected chi connectivity index (χ2v) is 15.3. The molecule has 0 aliphatic rings. The Kier molecular flexibility index (Phi) is 11.1. The van der Waals surface area contributed by atoms with Crippen LogP contribution in [0.15, 0.2) is 156 Å². The summed E-state index contributed by atoms with van der Waals surface area (Å²) in [5.74, 6) is 0. The molecule has 0 amide bonds. The van der Waals surface area contributed by atoms with Crippen molar-refractivity contribution in [3.05, 3.63) is 146 Å². The van der Waals surface area contributed by atoms with E-state index in [0.29, 0.717) is 0 Å². The van der Waals surface area contributed by atoms with Crippen molar-refractivity contribution in [1.82, 2.24) is 10.6 Å². The standard InChI is InChI=1S/C38H40N4P2/c1-29(2)39-37(43(33-20-9-5-10-21-33)34-22-11-6-12-23-34)41-31-18-17-19-32(28-31)42-38(40-30(3)4)44(35-24-13-7-14-25-35)36-26-15-8-16-27-36/h5-30H,1-4H3,(H,39,41)(H,40,42). The molecular formula is C38H40N4P2. The van der Waals surface area contributed by atoms with Crippen LogP contribution in [0.5, 0.6) is 0 Å². The van der Waals surface area contributed by atoms with Crippen molar-refractivity contribution in [1.29, 1.82) is 0 Å². The van der Waals surface area contributed by atoms with Gasteiger partial charge in [0.2, 0.25) is 0 Å². The van der Waals surface area contributed by atoms with Crippen LogP contribution in [0.4, 0.5) is 11.4 Å². The Morgan fingerprint density at radius 2 is 0.727 bits per heavy atom. The average molecular weight is 615 g/mol. The molecule has 0 saturated heterocycles. The van der Waals surface area contributed by atoms with Gasteiger partial charge < -0.3 is 10.6 Å². The number of benzene rings is 5. The van der Waals surface area contributed by atoms with E-state index in [-0.39, 0.29) is 12.1 Å². The van der Waals surface area contributed by atoms with Crippen LogP contribution in [0.1, 0.15) is 27.7 Å². The summed E-state index contributed by atoms with van der Waals surface area (Å²) in [7, 11) is -1.77. The maximum Gasteiger partial charge on any atom is 0.134 e. The van der Waals surface area contributed by atoms with Gasteiger partial charge in [0, 0.05) is 27.9 Å². The normalized spacial score (nSPS) is 12.3. The SMILES string of the molecule is CC(C)NC(=Nc1cccc(N=C(NC(C)C)P(c2ccccc2)c2ccccc2)c1)P(c1ccccc1)c1ccccc1. The fourth-order valence-corrected chi connectivity index (χ4v) is 9.44. The van der Waals surface area contributed by atoms with Crippen LogP contribution >= 0.6 is 15.8 Å². The van der Waals surface area contributed by atoms with E-state index in [0.717, 1.165) is 22.5 Å². The predicted octanol–water partition coefficient (Wildman–Crippen LogP) is 7.92. The molecule has 5 aromatic rings. The zero-order valence-electron chi connectivity index (χ0n) is 25.8. The molecule has 0 bridgehead atoms. The Hall–Kier alpha value is -4.10. The first-order valence-corrected chi connectivity index (χ1v) is 17.8. The molecule has 0 spiro atoms. The molecule has 5 rings (SSSR count). The smallest absolute Gasteiger partial charge is 0.134 e. The number of nitrogens with one attached hydrogen (secondary N) is 2. The molecule has 0 aliphatic carbocycles. The summed E-state index contributed by atoms with van der Waals surface area (Å²) in [5.41, 5.74) is 3.71. The number of aliphatic imine (C=N–C) groups is 2. The summed E-state index contributed by atoms with van der Waals surface area (Å²) in [4.78, 5) is 10.6. The van der Waals surface area contributed by atoms with Gasteiger partial charge in [-0.1, -0.05) is 127 Å². The van der Waals surface area contributed by atoms with Crippen LogP contribution in [0.3, 0.4) is 0 Å². The molecule has 0 atom stereocenters. The van der Waals surface area contributed by atoms with Gasteiger partial charge in [0.05, 0.1) is 11.4 Å². The highest BCUT2D eigenvalue weighted by Crippen LogP contribution is 2.38. The van der Waals surface area contributed by atoms with Crippen molar-refractivity contribution in [2.24, 2.45) is 9.98 Å². The third kappa shape index (κ3) is 8.50. The summed E-state index contributed by atoms with van der Waals surface area (Å²) in [6.07, 6.45) is 0. The van der Waals surface area contributed by atoms with Crippen LogP contribution in [0.2, 0.25) is 0 Å². The van der Waals surface area contributed by atoms with E-state index in [2.05, 4.69) is 184 Å². The van der Waals surface area contributed by atoms with Crippen molar-refractivity contribution in [3.63, 3.8) is 0 Å². The van der Waals surface area contributed by atoms with Gasteiger partial charge in [0.25, 0.3) is 0 Å². The van der Waals surface area contributed by atoms with Crippen LogP contribution in [0.25, 0.3) is 0 Å². The summed E-state index contributed by atoms with van der Waals surface area (Å²) in [5, 5.41) is 12.4. The summed E-state index contributed by atoms with van der Waals surface area (Å²) < 4.78 is 0. The highest BCUT2D eigenvalue weighted by molar-refractivity contribution is 7.88. The number of amidine groups is 2. The number of nitrogens with zero attached hydrogens (tertiary/aromatic N) is 2. The first-order chi connectivity index (χ1) is 21.5. The van der Waals surface area contributed by atoms with Gasteiger partial charge in [-0.2, -0.15) is 0 Å². The summed E-state index contributed by atoms with van der Waals surface area (Å²) in [6, 6.07) is 51.5. The van der Waals surface area contributed by atoms with E-state index < -0.39 is 15.8 Å². The molecule has 0 unspecified atom stereocenters. The largest absolute Gasteiger partial charge is 0.367 e. The van der Waals surface area contributed by atoms with Gasteiger partial charge in [0.15, 0.2) is 0 Å². The predicted molar refractivity (Wildman–Crippen MR) is 195 cm³/mol. The molecule has 2 N–H and O–H groups in total. The lowest BCUT2D eigenvalue weighted by Crippen LogP contribution is -2.34.